The highest BCUT2D eigenvalue weighted by Crippen LogP contribution is 2.33. The minimum atomic E-state index is -0.437. The number of aryl methyl sites for hydroxylation is 1. The van der Waals surface area contributed by atoms with Gasteiger partial charge in [0.2, 0.25) is 0 Å². The van der Waals surface area contributed by atoms with Crippen LogP contribution < -0.4 is 4.74 Å². The van der Waals surface area contributed by atoms with E-state index in [0.29, 0.717) is 32.2 Å². The maximum atomic E-state index is 10.1. The van der Waals surface area contributed by atoms with Gasteiger partial charge in [0.25, 0.3) is 0 Å². The zero-order valence-corrected chi connectivity index (χ0v) is 17.6. The van der Waals surface area contributed by atoms with Crippen LogP contribution in [0.4, 0.5) is 0 Å². The molecule has 2 aromatic rings. The summed E-state index contributed by atoms with van der Waals surface area (Å²) < 4.78 is 17.3. The third-order valence-corrected chi connectivity index (χ3v) is 5.87. The van der Waals surface area contributed by atoms with Gasteiger partial charge in [-0.05, 0) is 60.6 Å². The Balaban J connectivity index is 1.37. The topological polar surface area (TPSA) is 68.2 Å². The van der Waals surface area contributed by atoms with Gasteiger partial charge in [-0.1, -0.05) is 30.3 Å². The lowest BCUT2D eigenvalue weighted by Crippen LogP contribution is -2.33. The molecule has 0 spiro atoms. The molecule has 2 aromatic carbocycles. The summed E-state index contributed by atoms with van der Waals surface area (Å²) in [6.07, 6.45) is 3.80. The van der Waals surface area contributed by atoms with Crippen molar-refractivity contribution in [1.82, 2.24) is 0 Å². The van der Waals surface area contributed by atoms with Crippen molar-refractivity contribution in [2.45, 2.75) is 63.4 Å². The number of ether oxygens (including phenoxy) is 3. The van der Waals surface area contributed by atoms with Crippen molar-refractivity contribution in [1.29, 1.82) is 0 Å². The molecular formula is C25H32O5. The fraction of sp³-hybridized carbons (Fsp3) is 0.520. The van der Waals surface area contributed by atoms with Crippen molar-refractivity contribution in [3.63, 3.8) is 0 Å². The largest absolute Gasteiger partial charge is 0.491 e. The molecule has 3 unspecified atom stereocenters. The molecule has 1 saturated carbocycles. The minimum Gasteiger partial charge on any atom is -0.491 e. The van der Waals surface area contributed by atoms with Crippen molar-refractivity contribution >= 4 is 0 Å². The normalized spacial score (nSPS) is 24.0. The number of hydrogen-bond donors (Lipinski definition) is 2. The second kappa shape index (κ2) is 9.92. The van der Waals surface area contributed by atoms with Gasteiger partial charge < -0.3 is 24.4 Å². The van der Waals surface area contributed by atoms with Gasteiger partial charge in [0.05, 0.1) is 37.6 Å². The summed E-state index contributed by atoms with van der Waals surface area (Å²) in [5.41, 5.74) is 4.74. The zero-order chi connectivity index (χ0) is 20.9. The van der Waals surface area contributed by atoms with E-state index in [-0.39, 0.29) is 18.8 Å². The fourth-order valence-corrected chi connectivity index (χ4v) is 3.94. The Bertz CT molecular complexity index is 815. The van der Waals surface area contributed by atoms with E-state index in [9.17, 15) is 10.2 Å². The highest BCUT2D eigenvalue weighted by atomic mass is 16.5. The third-order valence-electron chi connectivity index (χ3n) is 5.87. The summed E-state index contributed by atoms with van der Waals surface area (Å²) in [5.74, 6) is 0.864. The van der Waals surface area contributed by atoms with Crippen LogP contribution in [0.1, 0.15) is 54.0 Å². The number of aliphatic hydroxyl groups is 2. The van der Waals surface area contributed by atoms with Crippen molar-refractivity contribution in [2.75, 3.05) is 19.8 Å². The first kappa shape index (κ1) is 21.3. The molecule has 5 heteroatoms. The molecule has 1 aliphatic carbocycles. The molecule has 4 rings (SSSR count). The molecular weight excluding hydrogens is 380 g/mol. The highest BCUT2D eigenvalue weighted by Gasteiger charge is 2.29. The summed E-state index contributed by atoms with van der Waals surface area (Å²) in [5, 5.41) is 19.6. The molecule has 2 fully saturated rings. The van der Waals surface area contributed by atoms with E-state index in [1.54, 1.807) is 0 Å². The van der Waals surface area contributed by atoms with Gasteiger partial charge in [-0.3, -0.25) is 0 Å². The first-order valence-electron chi connectivity index (χ1n) is 11.0. The van der Waals surface area contributed by atoms with Crippen LogP contribution >= 0.6 is 0 Å². The van der Waals surface area contributed by atoms with Crippen LogP contribution in [0, 0.1) is 6.92 Å². The van der Waals surface area contributed by atoms with Crippen LogP contribution in [0.5, 0.6) is 5.75 Å². The van der Waals surface area contributed by atoms with E-state index in [2.05, 4.69) is 37.3 Å². The van der Waals surface area contributed by atoms with Crippen LogP contribution in [0.25, 0.3) is 0 Å². The second-order valence-electron chi connectivity index (χ2n) is 8.48. The van der Waals surface area contributed by atoms with E-state index >= 15 is 0 Å². The Labute approximate surface area is 178 Å². The molecule has 1 aliphatic heterocycles. The minimum absolute atomic E-state index is 0.0621. The molecule has 2 aliphatic rings. The summed E-state index contributed by atoms with van der Waals surface area (Å²) in [6, 6.07) is 14.6. The predicted octanol–water partition coefficient (Wildman–Crippen LogP) is 3.72. The lowest BCUT2D eigenvalue weighted by Gasteiger charge is -2.32. The molecule has 162 valence electrons. The molecule has 3 atom stereocenters. The Morgan fingerprint density at radius 1 is 1.03 bits per heavy atom. The Kier molecular flexibility index (Phi) is 7.05. The van der Waals surface area contributed by atoms with Crippen molar-refractivity contribution in [3.05, 3.63) is 64.7 Å². The van der Waals surface area contributed by atoms with Crippen LogP contribution in [0.2, 0.25) is 0 Å². The molecule has 30 heavy (non-hydrogen) atoms. The summed E-state index contributed by atoms with van der Waals surface area (Å²) in [6.45, 7) is 3.28. The quantitative estimate of drug-likeness (QED) is 0.615. The van der Waals surface area contributed by atoms with Gasteiger partial charge in [-0.25, -0.2) is 0 Å². The van der Waals surface area contributed by atoms with E-state index in [4.69, 9.17) is 14.2 Å². The molecule has 0 radical (unpaired) electrons. The van der Waals surface area contributed by atoms with Crippen LogP contribution in [-0.4, -0.2) is 48.3 Å². The van der Waals surface area contributed by atoms with Crippen LogP contribution in [0.3, 0.4) is 0 Å². The van der Waals surface area contributed by atoms with Crippen molar-refractivity contribution in [2.24, 2.45) is 0 Å². The smallest absolute Gasteiger partial charge is 0.119 e. The summed E-state index contributed by atoms with van der Waals surface area (Å²) >= 11 is 0. The monoisotopic (exact) mass is 412 g/mol. The Hall–Kier alpha value is -1.92. The molecule has 0 amide bonds. The Morgan fingerprint density at radius 2 is 1.83 bits per heavy atom. The summed E-state index contributed by atoms with van der Waals surface area (Å²) in [4.78, 5) is 0. The van der Waals surface area contributed by atoms with Gasteiger partial charge >= 0.3 is 0 Å². The van der Waals surface area contributed by atoms with Crippen molar-refractivity contribution in [3.8, 4) is 5.75 Å². The molecule has 1 heterocycles. The lowest BCUT2D eigenvalue weighted by molar-refractivity contribution is -0.113. The van der Waals surface area contributed by atoms with Gasteiger partial charge in [-0.15, -0.1) is 0 Å². The number of rotatable bonds is 9. The van der Waals surface area contributed by atoms with Crippen LogP contribution in [-0.2, 0) is 15.9 Å². The van der Waals surface area contributed by atoms with E-state index in [1.165, 1.54) is 29.5 Å². The predicted molar refractivity (Wildman–Crippen MR) is 115 cm³/mol. The van der Waals surface area contributed by atoms with Gasteiger partial charge in [0.15, 0.2) is 0 Å². The first-order valence-corrected chi connectivity index (χ1v) is 11.0. The average Bonchev–Trinajstić information content (AvgIpc) is 3.58. The lowest BCUT2D eigenvalue weighted by atomic mass is 9.92. The average molecular weight is 413 g/mol. The SMILES string of the molecule is Cc1ccc(C2CC(O)CC(CO)O2)cc1Cc1ccc(OCCOC2CC2)cc1. The van der Waals surface area contributed by atoms with E-state index < -0.39 is 6.10 Å². The number of aliphatic hydroxyl groups excluding tert-OH is 2. The van der Waals surface area contributed by atoms with E-state index in [0.717, 1.165) is 17.7 Å². The fourth-order valence-electron chi connectivity index (χ4n) is 3.94. The molecule has 5 nitrogen and oxygen atoms in total. The molecule has 0 bridgehead atoms. The molecule has 0 aromatic heterocycles. The van der Waals surface area contributed by atoms with Crippen molar-refractivity contribution < 1.29 is 24.4 Å². The zero-order valence-electron chi connectivity index (χ0n) is 17.6. The second-order valence-corrected chi connectivity index (χ2v) is 8.48. The van der Waals surface area contributed by atoms with E-state index in [1.807, 2.05) is 12.1 Å². The molecule has 1 saturated heterocycles. The Morgan fingerprint density at radius 3 is 2.57 bits per heavy atom. The number of benzene rings is 2. The standard InChI is InChI=1S/C25H32O5/c1-17-2-5-19(25-15-21(27)14-24(16-26)30-25)13-20(17)12-18-3-6-22(7-4-18)28-10-11-29-23-8-9-23/h2-7,13,21,23-27H,8-12,14-16H2,1H3. The van der Waals surface area contributed by atoms with Crippen LogP contribution in [0.15, 0.2) is 42.5 Å². The molecule has 2 N–H and O–H groups in total. The van der Waals surface area contributed by atoms with Gasteiger partial charge in [0.1, 0.15) is 12.4 Å². The number of hydrogen-bond acceptors (Lipinski definition) is 5. The van der Waals surface area contributed by atoms with Gasteiger partial charge in [-0.2, -0.15) is 0 Å². The maximum Gasteiger partial charge on any atom is 0.119 e. The first-order chi connectivity index (χ1) is 14.6. The van der Waals surface area contributed by atoms with Gasteiger partial charge in [0, 0.05) is 12.8 Å². The maximum absolute atomic E-state index is 10.1. The highest BCUT2D eigenvalue weighted by molar-refractivity contribution is 5.38. The summed E-state index contributed by atoms with van der Waals surface area (Å²) in [7, 11) is 0. The third kappa shape index (κ3) is 5.82.